The first kappa shape index (κ1) is 12.4. The number of rotatable bonds is 3. The zero-order valence-corrected chi connectivity index (χ0v) is 11.8. The van der Waals surface area contributed by atoms with Gasteiger partial charge in [-0.25, -0.2) is 0 Å². The molecule has 0 aromatic heterocycles. The Labute approximate surface area is 120 Å². The SMILES string of the molecule is O=C1C(NC2CC2)CCN1C1CCCc2ccccc21. The standard InChI is InChI=1S/C17H22N2O/c20-17-15(18-13-8-9-13)10-11-19(17)16-7-3-5-12-4-1-2-6-14(12)16/h1-2,4,6,13,15-16,18H,3,5,7-11H2. The zero-order valence-electron chi connectivity index (χ0n) is 11.8. The van der Waals surface area contributed by atoms with Gasteiger partial charge >= 0.3 is 0 Å². The van der Waals surface area contributed by atoms with Crippen molar-refractivity contribution in [2.75, 3.05) is 6.54 Å². The van der Waals surface area contributed by atoms with E-state index in [0.29, 0.717) is 18.0 Å². The van der Waals surface area contributed by atoms with E-state index in [9.17, 15) is 4.79 Å². The van der Waals surface area contributed by atoms with Crippen LogP contribution in [0.1, 0.15) is 49.3 Å². The first-order valence-corrected chi connectivity index (χ1v) is 7.97. The van der Waals surface area contributed by atoms with Gasteiger partial charge in [0.05, 0.1) is 12.1 Å². The fraction of sp³-hybridized carbons (Fsp3) is 0.588. The summed E-state index contributed by atoms with van der Waals surface area (Å²) in [5, 5.41) is 3.50. The van der Waals surface area contributed by atoms with Gasteiger partial charge in [-0.2, -0.15) is 0 Å². The molecule has 1 N–H and O–H groups in total. The summed E-state index contributed by atoms with van der Waals surface area (Å²) in [4.78, 5) is 14.8. The molecule has 20 heavy (non-hydrogen) atoms. The average Bonchev–Trinajstić information content (AvgIpc) is 3.23. The number of carbonyl (C=O) groups excluding carboxylic acids is 1. The number of hydrogen-bond donors (Lipinski definition) is 1. The van der Waals surface area contributed by atoms with Crippen LogP contribution in [0.3, 0.4) is 0 Å². The van der Waals surface area contributed by atoms with Crippen molar-refractivity contribution in [3.8, 4) is 0 Å². The van der Waals surface area contributed by atoms with E-state index in [-0.39, 0.29) is 6.04 Å². The van der Waals surface area contributed by atoms with E-state index >= 15 is 0 Å². The molecule has 1 heterocycles. The van der Waals surface area contributed by atoms with Gasteiger partial charge in [-0.3, -0.25) is 4.79 Å². The molecule has 2 unspecified atom stereocenters. The molecule has 3 nitrogen and oxygen atoms in total. The van der Waals surface area contributed by atoms with Crippen molar-refractivity contribution in [1.82, 2.24) is 10.2 Å². The second kappa shape index (κ2) is 4.88. The van der Waals surface area contributed by atoms with E-state index in [1.54, 1.807) is 0 Å². The van der Waals surface area contributed by atoms with Crippen LogP contribution in [0, 0.1) is 0 Å². The molecular formula is C17H22N2O. The second-order valence-electron chi connectivity index (χ2n) is 6.42. The van der Waals surface area contributed by atoms with Crippen LogP contribution in [0.15, 0.2) is 24.3 Å². The summed E-state index contributed by atoms with van der Waals surface area (Å²) in [5.74, 6) is 0.332. The highest BCUT2D eigenvalue weighted by atomic mass is 16.2. The maximum Gasteiger partial charge on any atom is 0.240 e. The van der Waals surface area contributed by atoms with Crippen molar-refractivity contribution in [3.05, 3.63) is 35.4 Å². The molecule has 1 aliphatic heterocycles. The van der Waals surface area contributed by atoms with E-state index in [4.69, 9.17) is 0 Å². The quantitative estimate of drug-likeness (QED) is 0.915. The Morgan fingerprint density at radius 1 is 1.10 bits per heavy atom. The maximum atomic E-state index is 12.6. The molecule has 1 amide bonds. The van der Waals surface area contributed by atoms with Crippen LogP contribution in [-0.4, -0.2) is 29.4 Å². The molecule has 1 saturated heterocycles. The lowest BCUT2D eigenvalue weighted by Gasteiger charge is -2.33. The monoisotopic (exact) mass is 270 g/mol. The maximum absolute atomic E-state index is 12.6. The van der Waals surface area contributed by atoms with E-state index in [0.717, 1.165) is 19.4 Å². The van der Waals surface area contributed by atoms with Crippen LogP contribution in [0.5, 0.6) is 0 Å². The van der Waals surface area contributed by atoms with Gasteiger partial charge in [0.1, 0.15) is 0 Å². The van der Waals surface area contributed by atoms with Gasteiger partial charge in [-0.1, -0.05) is 24.3 Å². The highest BCUT2D eigenvalue weighted by Crippen LogP contribution is 2.36. The Hall–Kier alpha value is -1.35. The predicted molar refractivity (Wildman–Crippen MR) is 78.4 cm³/mol. The minimum absolute atomic E-state index is 0.0802. The topological polar surface area (TPSA) is 32.3 Å². The van der Waals surface area contributed by atoms with E-state index in [1.807, 2.05) is 0 Å². The smallest absolute Gasteiger partial charge is 0.240 e. The zero-order chi connectivity index (χ0) is 13.5. The molecule has 3 heteroatoms. The number of fused-ring (bicyclic) bond motifs is 1. The summed E-state index contributed by atoms with van der Waals surface area (Å²) in [6.45, 7) is 0.919. The van der Waals surface area contributed by atoms with Crippen LogP contribution < -0.4 is 5.32 Å². The van der Waals surface area contributed by atoms with E-state index in [1.165, 1.54) is 36.8 Å². The number of hydrogen-bond acceptors (Lipinski definition) is 2. The molecule has 106 valence electrons. The molecule has 2 aliphatic carbocycles. The Morgan fingerprint density at radius 2 is 1.95 bits per heavy atom. The third-order valence-electron chi connectivity index (χ3n) is 4.97. The van der Waals surface area contributed by atoms with Crippen molar-refractivity contribution < 1.29 is 4.79 Å². The van der Waals surface area contributed by atoms with E-state index < -0.39 is 0 Å². The van der Waals surface area contributed by atoms with Gasteiger partial charge in [0.25, 0.3) is 0 Å². The molecule has 0 radical (unpaired) electrons. The highest BCUT2D eigenvalue weighted by Gasteiger charge is 2.39. The van der Waals surface area contributed by atoms with Gasteiger partial charge in [0.15, 0.2) is 0 Å². The van der Waals surface area contributed by atoms with Crippen molar-refractivity contribution in [2.45, 2.75) is 56.7 Å². The minimum Gasteiger partial charge on any atom is -0.334 e. The number of amides is 1. The average molecular weight is 270 g/mol. The lowest BCUT2D eigenvalue weighted by Crippen LogP contribution is -2.41. The number of nitrogens with one attached hydrogen (secondary N) is 1. The third-order valence-corrected chi connectivity index (χ3v) is 4.97. The van der Waals surface area contributed by atoms with Gasteiger partial charge in [0, 0.05) is 12.6 Å². The molecule has 3 aliphatic rings. The van der Waals surface area contributed by atoms with Crippen LogP contribution in [0.25, 0.3) is 0 Å². The summed E-state index contributed by atoms with van der Waals surface area (Å²) < 4.78 is 0. The largest absolute Gasteiger partial charge is 0.334 e. The highest BCUT2D eigenvalue weighted by molar-refractivity contribution is 5.84. The van der Waals surface area contributed by atoms with Gasteiger partial charge in [0.2, 0.25) is 5.91 Å². The second-order valence-corrected chi connectivity index (χ2v) is 6.42. The van der Waals surface area contributed by atoms with Gasteiger partial charge in [-0.05, 0) is 49.7 Å². The molecule has 2 atom stereocenters. The Kier molecular flexibility index (Phi) is 3.03. The summed E-state index contributed by atoms with van der Waals surface area (Å²) in [7, 11) is 0. The Balaban J connectivity index is 1.55. The normalized spacial score (nSPS) is 29.6. The first-order chi connectivity index (χ1) is 9.83. The number of aryl methyl sites for hydroxylation is 1. The molecule has 2 fully saturated rings. The number of likely N-dealkylation sites (tertiary alicyclic amines) is 1. The number of nitrogens with zero attached hydrogens (tertiary/aromatic N) is 1. The molecule has 1 aromatic carbocycles. The van der Waals surface area contributed by atoms with Crippen LogP contribution in [-0.2, 0) is 11.2 Å². The van der Waals surface area contributed by atoms with Crippen molar-refractivity contribution in [2.24, 2.45) is 0 Å². The van der Waals surface area contributed by atoms with Crippen molar-refractivity contribution in [3.63, 3.8) is 0 Å². The summed E-state index contributed by atoms with van der Waals surface area (Å²) >= 11 is 0. The lowest BCUT2D eigenvalue weighted by atomic mass is 9.87. The van der Waals surface area contributed by atoms with E-state index in [2.05, 4.69) is 34.5 Å². The third kappa shape index (κ3) is 2.14. The van der Waals surface area contributed by atoms with Crippen LogP contribution in [0.2, 0.25) is 0 Å². The summed E-state index contributed by atoms with van der Waals surface area (Å²) in [6, 6.07) is 9.68. The summed E-state index contributed by atoms with van der Waals surface area (Å²) in [6.07, 6.45) is 6.96. The molecule has 0 bridgehead atoms. The fourth-order valence-corrected chi connectivity index (χ4v) is 3.75. The number of benzene rings is 1. The van der Waals surface area contributed by atoms with Crippen molar-refractivity contribution in [1.29, 1.82) is 0 Å². The molecule has 4 rings (SSSR count). The first-order valence-electron chi connectivity index (χ1n) is 7.97. The Bertz CT molecular complexity index is 523. The van der Waals surface area contributed by atoms with Crippen LogP contribution >= 0.6 is 0 Å². The number of carbonyl (C=O) groups is 1. The van der Waals surface area contributed by atoms with Crippen molar-refractivity contribution >= 4 is 5.91 Å². The lowest BCUT2D eigenvalue weighted by molar-refractivity contribution is -0.131. The fourth-order valence-electron chi connectivity index (χ4n) is 3.75. The molecule has 1 aromatic rings. The van der Waals surface area contributed by atoms with Crippen LogP contribution in [0.4, 0.5) is 0 Å². The molecule has 1 saturated carbocycles. The molecular weight excluding hydrogens is 248 g/mol. The van der Waals surface area contributed by atoms with Gasteiger partial charge in [-0.15, -0.1) is 0 Å². The summed E-state index contributed by atoms with van der Waals surface area (Å²) in [5.41, 5.74) is 2.83. The Morgan fingerprint density at radius 3 is 2.80 bits per heavy atom. The minimum atomic E-state index is 0.0802. The molecule has 0 spiro atoms. The van der Waals surface area contributed by atoms with Gasteiger partial charge < -0.3 is 10.2 Å². The predicted octanol–water partition coefficient (Wildman–Crippen LogP) is 2.42.